The van der Waals surface area contributed by atoms with E-state index >= 15 is 0 Å². The van der Waals surface area contributed by atoms with E-state index in [9.17, 15) is 4.79 Å². The first-order valence-corrected chi connectivity index (χ1v) is 11.4. The molecular weight excluding hydrogens is 372 g/mol. The van der Waals surface area contributed by atoms with E-state index < -0.39 is 0 Å². The van der Waals surface area contributed by atoms with E-state index in [4.69, 9.17) is 0 Å². The molecule has 2 atom stereocenters. The summed E-state index contributed by atoms with van der Waals surface area (Å²) < 4.78 is 4.41. The molecule has 2 aliphatic carbocycles. The van der Waals surface area contributed by atoms with Crippen LogP contribution in [0.15, 0.2) is 52.0 Å². The van der Waals surface area contributed by atoms with Gasteiger partial charge >= 0.3 is 5.69 Å². The number of aryl methyl sites for hydroxylation is 1. The van der Waals surface area contributed by atoms with Gasteiger partial charge in [-0.25, -0.2) is 13.9 Å². The Morgan fingerprint density at radius 2 is 1.63 bits per heavy atom. The largest absolute Gasteiger partial charge is 0.323 e. The Balaban J connectivity index is 0.000000171. The minimum Gasteiger partial charge on any atom is -0.313 e. The quantitative estimate of drug-likeness (QED) is 0.549. The lowest BCUT2D eigenvalue weighted by Gasteiger charge is -2.23. The van der Waals surface area contributed by atoms with Gasteiger partial charge in [-0.2, -0.15) is 0 Å². The minimum absolute atomic E-state index is 0.0933. The van der Waals surface area contributed by atoms with Crippen molar-refractivity contribution < 1.29 is 4.57 Å². The molecular formula is C25H39N4O+. The highest BCUT2D eigenvalue weighted by molar-refractivity contribution is 5.15. The number of allylic oxidation sites excluding steroid dienone is 4. The molecule has 5 heteroatoms. The molecule has 0 spiro atoms. The molecule has 2 aromatic rings. The maximum absolute atomic E-state index is 10.9. The van der Waals surface area contributed by atoms with Crippen LogP contribution < -0.4 is 10.3 Å². The molecule has 2 unspecified atom stereocenters. The molecule has 4 rings (SSSR count). The molecule has 0 aliphatic heterocycles. The van der Waals surface area contributed by atoms with Crippen LogP contribution in [0.1, 0.15) is 71.9 Å². The van der Waals surface area contributed by atoms with Crippen molar-refractivity contribution in [3.8, 4) is 0 Å². The summed E-state index contributed by atoms with van der Waals surface area (Å²) >= 11 is 0. The predicted octanol–water partition coefficient (Wildman–Crippen LogP) is 4.83. The first-order chi connectivity index (χ1) is 14.3. The highest BCUT2D eigenvalue weighted by atomic mass is 16.1. The summed E-state index contributed by atoms with van der Waals surface area (Å²) in [7, 11) is 2.08. The lowest BCUT2D eigenvalue weighted by molar-refractivity contribution is -0.671. The maximum Gasteiger partial charge on any atom is 0.323 e. The second-order valence-electron chi connectivity index (χ2n) is 9.59. The Morgan fingerprint density at radius 3 is 2.17 bits per heavy atom. The summed E-state index contributed by atoms with van der Waals surface area (Å²) in [5, 5.41) is 0. The average molecular weight is 412 g/mol. The van der Waals surface area contributed by atoms with Crippen molar-refractivity contribution in [2.75, 3.05) is 0 Å². The van der Waals surface area contributed by atoms with E-state index in [0.717, 1.165) is 18.0 Å². The molecule has 0 saturated heterocycles. The van der Waals surface area contributed by atoms with Crippen molar-refractivity contribution in [1.29, 1.82) is 0 Å². The van der Waals surface area contributed by atoms with E-state index in [-0.39, 0.29) is 5.69 Å². The van der Waals surface area contributed by atoms with Crippen molar-refractivity contribution in [3.05, 3.63) is 63.4 Å². The molecule has 2 N–H and O–H groups in total. The van der Waals surface area contributed by atoms with Crippen molar-refractivity contribution in [3.63, 3.8) is 0 Å². The normalized spacial score (nSPS) is 22.2. The minimum atomic E-state index is -0.0933. The van der Waals surface area contributed by atoms with Gasteiger partial charge in [0.1, 0.15) is 12.4 Å². The second kappa shape index (κ2) is 10.1. The van der Waals surface area contributed by atoms with Crippen molar-refractivity contribution >= 4 is 0 Å². The first-order valence-electron chi connectivity index (χ1n) is 11.4. The van der Waals surface area contributed by atoms with Gasteiger partial charge in [0, 0.05) is 17.8 Å². The topological polar surface area (TPSA) is 57.5 Å². The molecule has 2 aromatic heterocycles. The van der Waals surface area contributed by atoms with E-state index in [1.54, 1.807) is 22.9 Å². The van der Waals surface area contributed by atoms with Gasteiger partial charge in [-0.05, 0) is 78.6 Å². The van der Waals surface area contributed by atoms with E-state index in [1.165, 1.54) is 50.6 Å². The number of aromatic nitrogens is 4. The van der Waals surface area contributed by atoms with Gasteiger partial charge in [-0.1, -0.05) is 22.3 Å². The second-order valence-corrected chi connectivity index (χ2v) is 9.59. The lowest BCUT2D eigenvalue weighted by Crippen LogP contribution is -2.24. The maximum atomic E-state index is 10.9. The predicted molar refractivity (Wildman–Crippen MR) is 122 cm³/mol. The molecule has 0 bridgehead atoms. The van der Waals surface area contributed by atoms with E-state index in [2.05, 4.69) is 72.6 Å². The SMILES string of the molecule is CC1=C(C)CC(Cc2c[nH]c(=O)[nH]2)CC1.CC1=C(C)CC(Cn2cc[n+](C)c2)CC1. The Hall–Kier alpha value is -2.30. The number of hydrogen-bond donors (Lipinski definition) is 2. The van der Waals surface area contributed by atoms with Gasteiger partial charge in [0.2, 0.25) is 6.33 Å². The Labute approximate surface area is 180 Å². The summed E-state index contributed by atoms with van der Waals surface area (Å²) in [6.07, 6.45) is 16.8. The average Bonchev–Trinajstić information content (AvgIpc) is 3.30. The summed E-state index contributed by atoms with van der Waals surface area (Å²) in [5.41, 5.74) is 7.26. The monoisotopic (exact) mass is 411 g/mol. The molecule has 0 amide bonds. The van der Waals surface area contributed by atoms with Crippen LogP contribution >= 0.6 is 0 Å². The van der Waals surface area contributed by atoms with E-state index in [1.807, 2.05) is 0 Å². The molecule has 0 radical (unpaired) electrons. The number of imidazole rings is 2. The van der Waals surface area contributed by atoms with Crippen molar-refractivity contribution in [1.82, 2.24) is 14.5 Å². The third-order valence-electron chi connectivity index (χ3n) is 6.95. The number of rotatable bonds is 4. The van der Waals surface area contributed by atoms with Crippen LogP contribution in [-0.2, 0) is 20.0 Å². The van der Waals surface area contributed by atoms with Crippen LogP contribution in [0.25, 0.3) is 0 Å². The number of H-pyrrole nitrogens is 2. The van der Waals surface area contributed by atoms with Crippen molar-refractivity contribution in [2.45, 2.75) is 79.2 Å². The lowest BCUT2D eigenvalue weighted by atomic mass is 9.83. The zero-order chi connectivity index (χ0) is 21.7. The molecule has 0 saturated carbocycles. The third kappa shape index (κ3) is 6.35. The smallest absolute Gasteiger partial charge is 0.313 e. The fourth-order valence-corrected chi connectivity index (χ4v) is 4.72. The molecule has 164 valence electrons. The highest BCUT2D eigenvalue weighted by Gasteiger charge is 2.19. The molecule has 2 heterocycles. The van der Waals surface area contributed by atoms with Gasteiger partial charge in [0.05, 0.1) is 13.6 Å². The number of hydrogen-bond acceptors (Lipinski definition) is 1. The highest BCUT2D eigenvalue weighted by Crippen LogP contribution is 2.31. The zero-order valence-corrected chi connectivity index (χ0v) is 19.4. The van der Waals surface area contributed by atoms with Gasteiger partial charge in [0.15, 0.2) is 0 Å². The van der Waals surface area contributed by atoms with Crippen LogP contribution in [0.3, 0.4) is 0 Å². The molecule has 30 heavy (non-hydrogen) atoms. The van der Waals surface area contributed by atoms with Crippen LogP contribution in [0, 0.1) is 11.8 Å². The Bertz CT molecular complexity index is 956. The molecule has 2 aliphatic rings. The fraction of sp³-hybridized carbons (Fsp3) is 0.600. The Kier molecular flexibility index (Phi) is 7.57. The van der Waals surface area contributed by atoms with Crippen molar-refractivity contribution in [2.24, 2.45) is 18.9 Å². The van der Waals surface area contributed by atoms with Crippen LogP contribution in [0.2, 0.25) is 0 Å². The van der Waals surface area contributed by atoms with Gasteiger partial charge in [0.25, 0.3) is 0 Å². The zero-order valence-electron chi connectivity index (χ0n) is 19.4. The number of nitrogens with one attached hydrogen (secondary N) is 2. The summed E-state index contributed by atoms with van der Waals surface area (Å²) in [4.78, 5) is 16.4. The van der Waals surface area contributed by atoms with Crippen LogP contribution in [-0.4, -0.2) is 14.5 Å². The van der Waals surface area contributed by atoms with Crippen LogP contribution in [0.4, 0.5) is 0 Å². The van der Waals surface area contributed by atoms with E-state index in [0.29, 0.717) is 5.92 Å². The number of nitrogens with zero attached hydrogens (tertiary/aromatic N) is 2. The third-order valence-corrected chi connectivity index (χ3v) is 6.95. The molecule has 0 aromatic carbocycles. The van der Waals surface area contributed by atoms with Crippen LogP contribution in [0.5, 0.6) is 0 Å². The Morgan fingerprint density at radius 1 is 1.00 bits per heavy atom. The summed E-state index contributed by atoms with van der Waals surface area (Å²) in [6, 6.07) is 0. The van der Waals surface area contributed by atoms with Gasteiger partial charge in [-0.3, -0.25) is 0 Å². The standard InChI is InChI=1S/C13H21N2.C12H18N2O/c1-11-4-5-13(8-12(11)2)9-15-7-6-14(3)10-15;1-8-3-4-10(5-9(8)2)6-11-7-13-12(15)14-11/h6-7,10,13H,4-5,8-9H2,1-3H3;7,10H,3-6H2,1-2H3,(H2,13,14,15)/q+1;. The molecule has 0 fully saturated rings. The summed E-state index contributed by atoms with van der Waals surface area (Å²) in [5.74, 6) is 1.53. The molecule has 5 nitrogen and oxygen atoms in total. The summed E-state index contributed by atoms with van der Waals surface area (Å²) in [6.45, 7) is 10.2. The number of aromatic amines is 2. The van der Waals surface area contributed by atoms with Gasteiger partial charge in [-0.15, -0.1) is 0 Å². The fourth-order valence-electron chi connectivity index (χ4n) is 4.72. The first kappa shape index (κ1) is 22.4. The van der Waals surface area contributed by atoms with Gasteiger partial charge < -0.3 is 9.97 Å².